The van der Waals surface area contributed by atoms with E-state index in [-0.39, 0.29) is 11.9 Å². The maximum atomic E-state index is 12.1. The van der Waals surface area contributed by atoms with E-state index in [1.165, 1.54) is 24.2 Å². The van der Waals surface area contributed by atoms with Gasteiger partial charge in [0.15, 0.2) is 0 Å². The Morgan fingerprint density at radius 2 is 2.26 bits per heavy atom. The van der Waals surface area contributed by atoms with Gasteiger partial charge in [-0.1, -0.05) is 0 Å². The normalized spacial score (nSPS) is 21.3. The number of nitrogens with zero attached hydrogens (tertiary/aromatic N) is 2. The van der Waals surface area contributed by atoms with Gasteiger partial charge in [0.2, 0.25) is 5.91 Å². The molecule has 1 aliphatic carbocycles. The van der Waals surface area contributed by atoms with Crippen molar-refractivity contribution >= 4 is 5.91 Å². The molecule has 23 heavy (non-hydrogen) atoms. The van der Waals surface area contributed by atoms with E-state index in [1.807, 2.05) is 6.92 Å². The summed E-state index contributed by atoms with van der Waals surface area (Å²) in [4.78, 5) is 22.7. The molecular weight excluding hydrogens is 292 g/mol. The van der Waals surface area contributed by atoms with E-state index < -0.39 is 0 Å². The van der Waals surface area contributed by atoms with E-state index in [2.05, 4.69) is 15.2 Å². The predicted molar refractivity (Wildman–Crippen MR) is 88.3 cm³/mol. The number of aromatic amines is 1. The summed E-state index contributed by atoms with van der Waals surface area (Å²) in [5, 5.41) is 2.93. The van der Waals surface area contributed by atoms with Gasteiger partial charge in [-0.15, -0.1) is 0 Å². The summed E-state index contributed by atoms with van der Waals surface area (Å²) >= 11 is 0. The SMILES string of the molecule is CCOCCNC(=O)CN1CCC[C@@H]1c1nc2c([nH]1)CCCC2. The van der Waals surface area contributed by atoms with Crippen LogP contribution in [0.5, 0.6) is 0 Å². The van der Waals surface area contributed by atoms with Crippen LogP contribution >= 0.6 is 0 Å². The highest BCUT2D eigenvalue weighted by molar-refractivity contribution is 5.78. The van der Waals surface area contributed by atoms with Gasteiger partial charge in [0, 0.05) is 18.8 Å². The molecule has 0 aromatic carbocycles. The first-order chi connectivity index (χ1) is 11.3. The van der Waals surface area contributed by atoms with Crippen molar-refractivity contribution in [3.63, 3.8) is 0 Å². The summed E-state index contributed by atoms with van der Waals surface area (Å²) in [6.45, 7) is 5.22. The van der Waals surface area contributed by atoms with Crippen LogP contribution in [0.25, 0.3) is 0 Å². The number of nitrogens with one attached hydrogen (secondary N) is 2. The molecule has 1 aromatic heterocycles. The Morgan fingerprint density at radius 3 is 3.09 bits per heavy atom. The van der Waals surface area contributed by atoms with Crippen LogP contribution in [-0.4, -0.2) is 53.6 Å². The van der Waals surface area contributed by atoms with E-state index in [9.17, 15) is 4.79 Å². The largest absolute Gasteiger partial charge is 0.380 e. The summed E-state index contributed by atoms with van der Waals surface area (Å²) in [5.41, 5.74) is 2.57. The first kappa shape index (κ1) is 16.5. The zero-order valence-corrected chi connectivity index (χ0v) is 14.1. The van der Waals surface area contributed by atoms with Crippen LogP contribution in [0.3, 0.4) is 0 Å². The average Bonchev–Trinajstić information content (AvgIpc) is 3.17. The lowest BCUT2D eigenvalue weighted by Gasteiger charge is -2.22. The fourth-order valence-corrected chi connectivity index (χ4v) is 3.61. The highest BCUT2D eigenvalue weighted by Gasteiger charge is 2.30. The second-order valence-electron chi connectivity index (χ2n) is 6.43. The molecule has 2 N–H and O–H groups in total. The lowest BCUT2D eigenvalue weighted by atomic mass is 10.0. The second kappa shape index (κ2) is 7.93. The number of imidazole rings is 1. The fraction of sp³-hybridized carbons (Fsp3) is 0.765. The molecule has 0 radical (unpaired) electrons. The molecule has 1 fully saturated rings. The fourth-order valence-electron chi connectivity index (χ4n) is 3.61. The lowest BCUT2D eigenvalue weighted by Crippen LogP contribution is -2.38. The predicted octanol–water partition coefficient (Wildman–Crippen LogP) is 1.58. The molecule has 6 nitrogen and oxygen atoms in total. The molecule has 6 heteroatoms. The molecule has 3 rings (SSSR count). The van der Waals surface area contributed by atoms with Crippen LogP contribution in [0.15, 0.2) is 0 Å². The number of hydrogen-bond donors (Lipinski definition) is 2. The van der Waals surface area contributed by atoms with Crippen LogP contribution in [0.1, 0.15) is 55.9 Å². The van der Waals surface area contributed by atoms with Crippen molar-refractivity contribution < 1.29 is 9.53 Å². The number of rotatable bonds is 7. The first-order valence-corrected chi connectivity index (χ1v) is 8.94. The Labute approximate surface area is 138 Å². The van der Waals surface area contributed by atoms with E-state index in [4.69, 9.17) is 9.72 Å². The van der Waals surface area contributed by atoms with E-state index in [1.54, 1.807) is 0 Å². The molecule has 2 heterocycles. The molecular formula is C17H28N4O2. The van der Waals surface area contributed by atoms with Gasteiger partial charge in [-0.2, -0.15) is 0 Å². The monoisotopic (exact) mass is 320 g/mol. The van der Waals surface area contributed by atoms with E-state index in [0.29, 0.717) is 26.3 Å². The Kier molecular flexibility index (Phi) is 5.67. The third-order valence-corrected chi connectivity index (χ3v) is 4.77. The van der Waals surface area contributed by atoms with Gasteiger partial charge in [0.1, 0.15) is 5.82 Å². The van der Waals surface area contributed by atoms with Gasteiger partial charge in [-0.05, 0) is 52.0 Å². The summed E-state index contributed by atoms with van der Waals surface area (Å²) in [5.74, 6) is 1.14. The topological polar surface area (TPSA) is 70.2 Å². The number of ether oxygens (including phenoxy) is 1. The first-order valence-electron chi connectivity index (χ1n) is 8.94. The number of fused-ring (bicyclic) bond motifs is 1. The molecule has 0 spiro atoms. The molecule has 0 unspecified atom stereocenters. The minimum Gasteiger partial charge on any atom is -0.380 e. The van der Waals surface area contributed by atoms with Gasteiger partial charge in [0.25, 0.3) is 0 Å². The second-order valence-corrected chi connectivity index (χ2v) is 6.43. The summed E-state index contributed by atoms with van der Waals surface area (Å²) in [6, 6.07) is 0.262. The summed E-state index contributed by atoms with van der Waals surface area (Å²) in [7, 11) is 0. The Balaban J connectivity index is 1.55. The van der Waals surface area contributed by atoms with Gasteiger partial charge in [-0.3, -0.25) is 9.69 Å². The van der Waals surface area contributed by atoms with Crippen molar-refractivity contribution in [2.45, 2.75) is 51.5 Å². The number of carbonyl (C=O) groups is 1. The maximum absolute atomic E-state index is 12.1. The molecule has 1 saturated heterocycles. The van der Waals surface area contributed by atoms with Crippen molar-refractivity contribution in [3.8, 4) is 0 Å². The highest BCUT2D eigenvalue weighted by atomic mass is 16.5. The number of H-pyrrole nitrogens is 1. The van der Waals surface area contributed by atoms with Crippen molar-refractivity contribution in [2.75, 3.05) is 32.8 Å². The number of aromatic nitrogens is 2. The third-order valence-electron chi connectivity index (χ3n) is 4.77. The minimum atomic E-state index is 0.0768. The molecule has 1 aromatic rings. The van der Waals surface area contributed by atoms with E-state index >= 15 is 0 Å². The van der Waals surface area contributed by atoms with Crippen LogP contribution in [0.2, 0.25) is 0 Å². The standard InChI is InChI=1S/C17H28N4O2/c1-2-23-11-9-18-16(22)12-21-10-5-8-15(21)17-19-13-6-3-4-7-14(13)20-17/h15H,2-12H2,1H3,(H,18,22)(H,19,20)/t15-/m1/s1. The molecule has 0 saturated carbocycles. The molecule has 128 valence electrons. The average molecular weight is 320 g/mol. The number of amides is 1. The molecule has 1 amide bonds. The zero-order valence-electron chi connectivity index (χ0n) is 14.1. The van der Waals surface area contributed by atoms with Gasteiger partial charge >= 0.3 is 0 Å². The molecule has 1 aliphatic heterocycles. The van der Waals surface area contributed by atoms with Gasteiger partial charge in [0.05, 0.1) is 24.9 Å². The maximum Gasteiger partial charge on any atom is 0.234 e. The third kappa shape index (κ3) is 4.12. The van der Waals surface area contributed by atoms with Crippen molar-refractivity contribution in [1.29, 1.82) is 0 Å². The smallest absolute Gasteiger partial charge is 0.234 e. The van der Waals surface area contributed by atoms with Crippen molar-refractivity contribution in [2.24, 2.45) is 0 Å². The number of aryl methyl sites for hydroxylation is 2. The molecule has 0 bridgehead atoms. The van der Waals surface area contributed by atoms with Gasteiger partial charge < -0.3 is 15.0 Å². The summed E-state index contributed by atoms with van der Waals surface area (Å²) in [6.07, 6.45) is 6.92. The highest BCUT2D eigenvalue weighted by Crippen LogP contribution is 2.31. The van der Waals surface area contributed by atoms with Gasteiger partial charge in [-0.25, -0.2) is 4.98 Å². The number of hydrogen-bond acceptors (Lipinski definition) is 4. The van der Waals surface area contributed by atoms with Crippen molar-refractivity contribution in [3.05, 3.63) is 17.2 Å². The Hall–Kier alpha value is -1.40. The summed E-state index contributed by atoms with van der Waals surface area (Å²) < 4.78 is 5.25. The number of likely N-dealkylation sites (tertiary alicyclic amines) is 1. The van der Waals surface area contributed by atoms with Crippen LogP contribution < -0.4 is 5.32 Å². The van der Waals surface area contributed by atoms with E-state index in [0.717, 1.165) is 38.1 Å². The Bertz CT molecular complexity index is 505. The molecule has 2 aliphatic rings. The van der Waals surface area contributed by atoms with Crippen LogP contribution in [0.4, 0.5) is 0 Å². The minimum absolute atomic E-state index is 0.0768. The Morgan fingerprint density at radius 1 is 1.39 bits per heavy atom. The van der Waals surface area contributed by atoms with Crippen LogP contribution in [-0.2, 0) is 22.4 Å². The lowest BCUT2D eigenvalue weighted by molar-refractivity contribution is -0.122. The number of carbonyl (C=O) groups excluding carboxylic acids is 1. The van der Waals surface area contributed by atoms with Crippen LogP contribution in [0, 0.1) is 0 Å². The quantitative estimate of drug-likeness (QED) is 0.748. The molecule has 1 atom stereocenters. The zero-order chi connectivity index (χ0) is 16.1. The van der Waals surface area contributed by atoms with Crippen molar-refractivity contribution in [1.82, 2.24) is 20.2 Å².